The molecule has 14 heavy (non-hydrogen) atoms. The van der Waals surface area contributed by atoms with Gasteiger partial charge in [-0.2, -0.15) is 0 Å². The van der Waals surface area contributed by atoms with Crippen molar-refractivity contribution in [1.29, 1.82) is 0 Å². The average molecular weight is 194 g/mol. The minimum atomic E-state index is -1.17. The van der Waals surface area contributed by atoms with E-state index >= 15 is 0 Å². The minimum absolute atomic E-state index is 0.563. The normalized spacial score (nSPS) is 15.3. The van der Waals surface area contributed by atoms with E-state index in [9.17, 15) is 9.59 Å². The number of rotatable bonds is 3. The number of esters is 1. The molecule has 0 fully saturated rings. The lowest BCUT2D eigenvalue weighted by atomic mass is 10.2. The highest BCUT2D eigenvalue weighted by molar-refractivity contribution is 5.91. The molecule has 0 bridgehead atoms. The Balaban J connectivity index is 2.44. The largest absolute Gasteiger partial charge is 0.478 e. The van der Waals surface area contributed by atoms with Gasteiger partial charge in [0.05, 0.1) is 0 Å². The molecule has 0 atom stereocenters. The van der Waals surface area contributed by atoms with Gasteiger partial charge >= 0.3 is 11.9 Å². The number of hydrogen-bond acceptors (Lipinski definition) is 3. The van der Waals surface area contributed by atoms with Gasteiger partial charge in [-0.3, -0.25) is 0 Å². The maximum atomic E-state index is 11.0. The molecule has 0 amide bonds. The highest BCUT2D eigenvalue weighted by Crippen LogP contribution is 2.12. The number of carbonyl (C=O) groups excluding carboxylic acids is 1. The number of carboxylic acid groups (broad SMARTS) is 1. The van der Waals surface area contributed by atoms with Crippen molar-refractivity contribution in [2.24, 2.45) is 0 Å². The van der Waals surface area contributed by atoms with Gasteiger partial charge in [0.2, 0.25) is 0 Å². The fraction of sp³-hybridized carbons (Fsp3) is 0.200. The minimum Gasteiger partial charge on any atom is -0.478 e. The van der Waals surface area contributed by atoms with Crippen LogP contribution in [0.4, 0.5) is 0 Å². The van der Waals surface area contributed by atoms with Gasteiger partial charge in [-0.25, -0.2) is 9.59 Å². The number of allylic oxidation sites excluding steroid dienone is 4. The van der Waals surface area contributed by atoms with E-state index in [0.29, 0.717) is 12.2 Å². The van der Waals surface area contributed by atoms with E-state index < -0.39 is 11.9 Å². The second-order valence-corrected chi connectivity index (χ2v) is 2.69. The Labute approximate surface area is 81.2 Å². The SMILES string of the molecule is O=C(O)C=CC(=O)OC1=CC=CCC1. The summed E-state index contributed by atoms with van der Waals surface area (Å²) in [7, 11) is 0. The molecule has 4 nitrogen and oxygen atoms in total. The molecule has 0 aromatic rings. The van der Waals surface area contributed by atoms with Crippen LogP contribution in [0.2, 0.25) is 0 Å². The third-order valence-corrected chi connectivity index (χ3v) is 1.57. The first-order chi connectivity index (χ1) is 6.68. The Morgan fingerprint density at radius 1 is 1.43 bits per heavy atom. The maximum absolute atomic E-state index is 11.0. The van der Waals surface area contributed by atoms with Crippen LogP contribution in [0.15, 0.2) is 36.1 Å². The summed E-state index contributed by atoms with van der Waals surface area (Å²) in [6.45, 7) is 0. The van der Waals surface area contributed by atoms with E-state index in [1.807, 2.05) is 6.08 Å². The van der Waals surface area contributed by atoms with Crippen LogP contribution in [-0.4, -0.2) is 17.0 Å². The number of carbonyl (C=O) groups is 2. The van der Waals surface area contributed by atoms with Gasteiger partial charge < -0.3 is 9.84 Å². The van der Waals surface area contributed by atoms with Gasteiger partial charge in [0.25, 0.3) is 0 Å². The molecule has 0 aliphatic heterocycles. The van der Waals surface area contributed by atoms with Crippen LogP contribution in [0.1, 0.15) is 12.8 Å². The van der Waals surface area contributed by atoms with Gasteiger partial charge in [0.15, 0.2) is 0 Å². The lowest BCUT2D eigenvalue weighted by molar-refractivity contribution is -0.135. The van der Waals surface area contributed by atoms with Crippen molar-refractivity contribution in [1.82, 2.24) is 0 Å². The fourth-order valence-electron chi connectivity index (χ4n) is 0.968. The zero-order valence-electron chi connectivity index (χ0n) is 7.47. The van der Waals surface area contributed by atoms with E-state index in [0.717, 1.165) is 18.6 Å². The number of ether oxygens (including phenoxy) is 1. The molecular formula is C10H10O4. The first-order valence-corrected chi connectivity index (χ1v) is 4.17. The van der Waals surface area contributed by atoms with Gasteiger partial charge in [-0.05, 0) is 12.5 Å². The highest BCUT2D eigenvalue weighted by atomic mass is 16.5. The van der Waals surface area contributed by atoms with Crippen molar-refractivity contribution in [3.05, 3.63) is 36.1 Å². The third kappa shape index (κ3) is 3.71. The molecule has 1 aliphatic rings. The van der Waals surface area contributed by atoms with E-state index in [1.165, 1.54) is 0 Å². The van der Waals surface area contributed by atoms with Crippen LogP contribution in [0.3, 0.4) is 0 Å². The predicted molar refractivity (Wildman–Crippen MR) is 49.3 cm³/mol. The zero-order valence-corrected chi connectivity index (χ0v) is 7.47. The quantitative estimate of drug-likeness (QED) is 0.545. The molecule has 1 rings (SSSR count). The molecule has 0 saturated heterocycles. The smallest absolute Gasteiger partial charge is 0.336 e. The summed E-state index contributed by atoms with van der Waals surface area (Å²) in [5.41, 5.74) is 0. The van der Waals surface area contributed by atoms with Crippen LogP contribution in [0.5, 0.6) is 0 Å². The molecule has 4 heteroatoms. The number of hydrogen-bond donors (Lipinski definition) is 1. The van der Waals surface area contributed by atoms with Crippen LogP contribution in [-0.2, 0) is 14.3 Å². The fourth-order valence-corrected chi connectivity index (χ4v) is 0.968. The lowest BCUT2D eigenvalue weighted by Crippen LogP contribution is -2.03. The van der Waals surface area contributed by atoms with E-state index in [1.54, 1.807) is 12.2 Å². The molecule has 1 aliphatic carbocycles. The molecule has 0 aromatic carbocycles. The van der Waals surface area contributed by atoms with Crippen molar-refractivity contribution >= 4 is 11.9 Å². The third-order valence-electron chi connectivity index (χ3n) is 1.57. The van der Waals surface area contributed by atoms with Crippen LogP contribution in [0, 0.1) is 0 Å². The Kier molecular flexibility index (Phi) is 3.67. The Morgan fingerprint density at radius 2 is 2.21 bits per heavy atom. The number of aliphatic carboxylic acids is 1. The molecule has 0 heterocycles. The molecule has 74 valence electrons. The van der Waals surface area contributed by atoms with E-state index in [2.05, 4.69) is 0 Å². The van der Waals surface area contributed by atoms with Crippen molar-refractivity contribution < 1.29 is 19.4 Å². The second kappa shape index (κ2) is 5.01. The second-order valence-electron chi connectivity index (χ2n) is 2.69. The number of carboxylic acids is 1. The monoisotopic (exact) mass is 194 g/mol. The molecule has 0 aromatic heterocycles. The van der Waals surface area contributed by atoms with Gasteiger partial charge in [-0.15, -0.1) is 0 Å². The molecular weight excluding hydrogens is 184 g/mol. The summed E-state index contributed by atoms with van der Waals surface area (Å²) in [5.74, 6) is -1.26. The van der Waals surface area contributed by atoms with Crippen LogP contribution in [0.25, 0.3) is 0 Å². The van der Waals surface area contributed by atoms with E-state index in [-0.39, 0.29) is 0 Å². The van der Waals surface area contributed by atoms with E-state index in [4.69, 9.17) is 9.84 Å². The first-order valence-electron chi connectivity index (χ1n) is 4.17. The summed E-state index contributed by atoms with van der Waals surface area (Å²) in [4.78, 5) is 21.1. The summed E-state index contributed by atoms with van der Waals surface area (Å²) in [6.07, 6.45) is 8.60. The Morgan fingerprint density at radius 3 is 2.79 bits per heavy atom. The van der Waals surface area contributed by atoms with Gasteiger partial charge in [0, 0.05) is 18.6 Å². The summed E-state index contributed by atoms with van der Waals surface area (Å²) < 4.78 is 4.86. The maximum Gasteiger partial charge on any atom is 0.336 e. The summed E-state index contributed by atoms with van der Waals surface area (Å²) in [5, 5.41) is 8.25. The van der Waals surface area contributed by atoms with Gasteiger partial charge in [-0.1, -0.05) is 12.2 Å². The lowest BCUT2D eigenvalue weighted by Gasteiger charge is -2.07. The van der Waals surface area contributed by atoms with Crippen molar-refractivity contribution in [3.8, 4) is 0 Å². The molecule has 0 radical (unpaired) electrons. The first kappa shape index (κ1) is 10.2. The highest BCUT2D eigenvalue weighted by Gasteiger charge is 2.05. The average Bonchev–Trinajstić information content (AvgIpc) is 2.16. The van der Waals surface area contributed by atoms with Crippen molar-refractivity contribution in [2.75, 3.05) is 0 Å². The Bertz CT molecular complexity index is 323. The summed E-state index contributed by atoms with van der Waals surface area (Å²) in [6, 6.07) is 0. The standard InChI is InChI=1S/C10H10O4/c11-9(12)6-7-10(13)14-8-4-2-1-3-5-8/h1-2,4,6-7H,3,5H2,(H,11,12). The molecule has 0 unspecified atom stereocenters. The molecule has 0 saturated carbocycles. The molecule has 1 N–H and O–H groups in total. The molecule has 0 spiro atoms. The summed E-state index contributed by atoms with van der Waals surface area (Å²) >= 11 is 0. The topological polar surface area (TPSA) is 63.6 Å². The van der Waals surface area contributed by atoms with Crippen LogP contribution < -0.4 is 0 Å². The van der Waals surface area contributed by atoms with Crippen molar-refractivity contribution in [2.45, 2.75) is 12.8 Å². The van der Waals surface area contributed by atoms with Gasteiger partial charge in [0.1, 0.15) is 5.76 Å². The van der Waals surface area contributed by atoms with Crippen LogP contribution >= 0.6 is 0 Å². The predicted octanol–water partition coefficient (Wildman–Crippen LogP) is 1.40. The zero-order chi connectivity index (χ0) is 10.4. The van der Waals surface area contributed by atoms with Crippen molar-refractivity contribution in [3.63, 3.8) is 0 Å². The Hall–Kier alpha value is -1.84.